The van der Waals surface area contributed by atoms with Gasteiger partial charge in [-0.1, -0.05) is 54.1 Å². The fourth-order valence-electron chi connectivity index (χ4n) is 2.80. The van der Waals surface area contributed by atoms with Gasteiger partial charge in [0.2, 0.25) is 0 Å². The molecule has 0 amide bonds. The van der Waals surface area contributed by atoms with E-state index in [9.17, 15) is 0 Å². The summed E-state index contributed by atoms with van der Waals surface area (Å²) in [7, 11) is 0. The number of thioether (sulfide) groups is 1. The zero-order valence-electron chi connectivity index (χ0n) is 12.6. The monoisotopic (exact) mass is 292 g/mol. The Kier molecular flexibility index (Phi) is 4.31. The van der Waals surface area contributed by atoms with Crippen LogP contribution in [0.2, 0.25) is 0 Å². The molecule has 0 bridgehead atoms. The van der Waals surface area contributed by atoms with Gasteiger partial charge in [-0.05, 0) is 60.4 Å². The first-order valence-corrected chi connectivity index (χ1v) is 8.60. The predicted molar refractivity (Wildman–Crippen MR) is 94.8 cm³/mol. The molecule has 3 rings (SSSR count). The van der Waals surface area contributed by atoms with E-state index < -0.39 is 0 Å². The lowest BCUT2D eigenvalue weighted by Gasteiger charge is -2.15. The third kappa shape index (κ3) is 3.14. The van der Waals surface area contributed by atoms with Gasteiger partial charge in [0.1, 0.15) is 0 Å². The number of benzene rings is 2. The van der Waals surface area contributed by atoms with E-state index >= 15 is 0 Å². The summed E-state index contributed by atoms with van der Waals surface area (Å²) < 4.78 is 0. The van der Waals surface area contributed by atoms with Crippen LogP contribution in [-0.2, 0) is 6.42 Å². The van der Waals surface area contributed by atoms with E-state index in [1.807, 2.05) is 0 Å². The maximum atomic E-state index is 2.25. The van der Waals surface area contributed by atoms with Crippen molar-refractivity contribution in [1.29, 1.82) is 0 Å². The summed E-state index contributed by atoms with van der Waals surface area (Å²) in [5.74, 6) is 0. The second kappa shape index (κ2) is 6.36. The van der Waals surface area contributed by atoms with Crippen LogP contribution in [0.25, 0.3) is 17.2 Å². The second-order valence-corrected chi connectivity index (χ2v) is 6.35. The highest BCUT2D eigenvalue weighted by molar-refractivity contribution is 7.98. The van der Waals surface area contributed by atoms with Crippen molar-refractivity contribution in [2.45, 2.75) is 24.7 Å². The largest absolute Gasteiger partial charge is 0.130 e. The summed E-state index contributed by atoms with van der Waals surface area (Å²) in [6.45, 7) is 2.21. The van der Waals surface area contributed by atoms with E-state index in [1.54, 1.807) is 11.8 Å². The molecule has 0 heterocycles. The molecule has 1 aliphatic carbocycles. The molecule has 0 atom stereocenters. The highest BCUT2D eigenvalue weighted by atomic mass is 32.2. The third-order valence-corrected chi connectivity index (χ3v) is 4.78. The Bertz CT molecular complexity index is 690. The topological polar surface area (TPSA) is 0 Å². The molecule has 21 heavy (non-hydrogen) atoms. The third-order valence-electron chi connectivity index (χ3n) is 4.04. The molecule has 1 aliphatic rings. The van der Waals surface area contributed by atoms with Crippen molar-refractivity contribution in [3.8, 4) is 11.1 Å². The number of hydrogen-bond donors (Lipinski definition) is 0. The van der Waals surface area contributed by atoms with Gasteiger partial charge in [0.15, 0.2) is 0 Å². The van der Waals surface area contributed by atoms with Gasteiger partial charge in [0.25, 0.3) is 0 Å². The molecule has 0 nitrogen and oxygen atoms in total. The van der Waals surface area contributed by atoms with Crippen LogP contribution < -0.4 is 0 Å². The first kappa shape index (κ1) is 14.2. The van der Waals surface area contributed by atoms with Gasteiger partial charge in [-0.15, -0.1) is 11.8 Å². The molecule has 0 aliphatic heterocycles. The highest BCUT2D eigenvalue weighted by Gasteiger charge is 2.10. The van der Waals surface area contributed by atoms with Crippen LogP contribution in [0.3, 0.4) is 0 Å². The molecular formula is C20H20S. The molecule has 0 N–H and O–H groups in total. The quantitative estimate of drug-likeness (QED) is 0.613. The van der Waals surface area contributed by atoms with E-state index in [0.29, 0.717) is 0 Å². The average Bonchev–Trinajstić information content (AvgIpc) is 2.51. The van der Waals surface area contributed by atoms with E-state index in [0.717, 1.165) is 12.8 Å². The van der Waals surface area contributed by atoms with Crippen molar-refractivity contribution < 1.29 is 0 Å². The molecule has 0 saturated heterocycles. The standard InChI is InChI=1S/C20H20S/c1-15-5-3-6-16-7-4-8-19(20(16)14-9-15)17-10-12-18(21-2)13-11-17/h3-8,10-13H,9,14H2,1-2H3/b6-3-,15-5+. The smallest absolute Gasteiger partial charge is 0.00695 e. The maximum absolute atomic E-state index is 2.25. The van der Waals surface area contributed by atoms with Crippen molar-refractivity contribution in [2.75, 3.05) is 6.26 Å². The van der Waals surface area contributed by atoms with Crippen LogP contribution in [0.4, 0.5) is 0 Å². The highest BCUT2D eigenvalue weighted by Crippen LogP contribution is 2.31. The summed E-state index contributed by atoms with van der Waals surface area (Å²) in [5.41, 5.74) is 6.97. The lowest BCUT2D eigenvalue weighted by Crippen LogP contribution is -1.97. The van der Waals surface area contributed by atoms with E-state index in [1.165, 1.54) is 32.7 Å². The normalized spacial score (nSPS) is 18.1. The zero-order valence-corrected chi connectivity index (χ0v) is 13.4. The van der Waals surface area contributed by atoms with E-state index in [-0.39, 0.29) is 0 Å². The van der Waals surface area contributed by atoms with Gasteiger partial charge in [0, 0.05) is 4.90 Å². The van der Waals surface area contributed by atoms with Crippen LogP contribution >= 0.6 is 11.8 Å². The first-order chi connectivity index (χ1) is 10.3. The van der Waals surface area contributed by atoms with Gasteiger partial charge in [0.05, 0.1) is 0 Å². The Hall–Kier alpha value is -1.73. The van der Waals surface area contributed by atoms with Gasteiger partial charge in [-0.3, -0.25) is 0 Å². The Morgan fingerprint density at radius 2 is 1.76 bits per heavy atom. The number of hydrogen-bond acceptors (Lipinski definition) is 1. The van der Waals surface area contributed by atoms with Crippen molar-refractivity contribution in [3.63, 3.8) is 0 Å². The van der Waals surface area contributed by atoms with Gasteiger partial charge in [-0.2, -0.15) is 0 Å². The SMILES string of the molecule is CSc1ccc(-c2cccc3c2CC/C(C)=C/C=C\3)cc1. The predicted octanol–water partition coefficient (Wildman–Crippen LogP) is 5.98. The minimum absolute atomic E-state index is 1.11. The number of rotatable bonds is 2. The first-order valence-electron chi connectivity index (χ1n) is 7.38. The molecule has 2 aromatic carbocycles. The Morgan fingerprint density at radius 3 is 2.52 bits per heavy atom. The summed E-state index contributed by atoms with van der Waals surface area (Å²) in [5, 5.41) is 0. The van der Waals surface area contributed by atoms with Gasteiger partial charge >= 0.3 is 0 Å². The van der Waals surface area contributed by atoms with Crippen molar-refractivity contribution in [3.05, 3.63) is 71.3 Å². The molecule has 0 aromatic heterocycles. The lowest BCUT2D eigenvalue weighted by atomic mass is 9.90. The Morgan fingerprint density at radius 1 is 0.952 bits per heavy atom. The molecule has 0 fully saturated rings. The maximum Gasteiger partial charge on any atom is 0.00695 e. The Balaban J connectivity index is 2.06. The molecule has 106 valence electrons. The molecule has 0 radical (unpaired) electrons. The van der Waals surface area contributed by atoms with Crippen molar-refractivity contribution in [1.82, 2.24) is 0 Å². The van der Waals surface area contributed by atoms with Crippen LogP contribution in [0.1, 0.15) is 24.5 Å². The van der Waals surface area contributed by atoms with E-state index in [4.69, 9.17) is 0 Å². The number of allylic oxidation sites excluding steroid dienone is 3. The fraction of sp³-hybridized carbons (Fsp3) is 0.200. The summed E-state index contributed by atoms with van der Waals surface area (Å²) in [6, 6.07) is 15.5. The van der Waals surface area contributed by atoms with Crippen LogP contribution in [0.15, 0.2) is 65.1 Å². The molecule has 0 unspecified atom stereocenters. The molecule has 0 saturated carbocycles. The molecular weight excluding hydrogens is 272 g/mol. The van der Waals surface area contributed by atoms with Crippen LogP contribution in [0.5, 0.6) is 0 Å². The van der Waals surface area contributed by atoms with Crippen LogP contribution in [-0.4, -0.2) is 6.26 Å². The van der Waals surface area contributed by atoms with Crippen molar-refractivity contribution >= 4 is 17.8 Å². The average molecular weight is 292 g/mol. The lowest BCUT2D eigenvalue weighted by molar-refractivity contribution is 0.938. The molecule has 1 heteroatoms. The molecule has 2 aromatic rings. The summed E-state index contributed by atoms with van der Waals surface area (Å²) in [6.07, 6.45) is 11.0. The minimum Gasteiger partial charge on any atom is -0.130 e. The van der Waals surface area contributed by atoms with Crippen molar-refractivity contribution in [2.24, 2.45) is 0 Å². The van der Waals surface area contributed by atoms with E-state index in [2.05, 4.69) is 73.9 Å². The zero-order chi connectivity index (χ0) is 14.7. The second-order valence-electron chi connectivity index (χ2n) is 5.47. The summed E-state index contributed by atoms with van der Waals surface area (Å²) in [4.78, 5) is 1.32. The molecule has 0 spiro atoms. The summed E-state index contributed by atoms with van der Waals surface area (Å²) >= 11 is 1.79. The Labute approximate surface area is 131 Å². The van der Waals surface area contributed by atoms with Gasteiger partial charge in [-0.25, -0.2) is 0 Å². The number of fused-ring (bicyclic) bond motifs is 1. The van der Waals surface area contributed by atoms with Crippen LogP contribution in [0, 0.1) is 0 Å². The van der Waals surface area contributed by atoms with Gasteiger partial charge < -0.3 is 0 Å². The fourth-order valence-corrected chi connectivity index (χ4v) is 3.21. The minimum atomic E-state index is 1.11.